The molecule has 5 nitrogen and oxygen atoms in total. The minimum Gasteiger partial charge on any atom is -0.346 e. The number of nitrogens with one attached hydrogen (secondary N) is 1. The Hall–Kier alpha value is -3.12. The number of amides is 1. The first-order valence-electron chi connectivity index (χ1n) is 9.71. The van der Waals surface area contributed by atoms with Crippen LogP contribution in [0.4, 0.5) is 5.69 Å². The number of carbonyl (C=O) groups is 1. The Morgan fingerprint density at radius 1 is 0.900 bits per heavy atom. The standard InChI is InChI=1S/C24H26N2O3S/c1-17-11-13-20(14-12-17)19(3)25-24(27)21-8-6-10-23(16-21)30(28,29)26(4)22-9-5-7-18(2)15-22/h5-16,19H,1-4H3,(H,25,27)/t19-/m1/s1. The lowest BCUT2D eigenvalue weighted by atomic mass is 10.1. The van der Waals surface area contributed by atoms with Crippen molar-refractivity contribution >= 4 is 21.6 Å². The largest absolute Gasteiger partial charge is 0.346 e. The summed E-state index contributed by atoms with van der Waals surface area (Å²) in [7, 11) is -2.29. The predicted octanol–water partition coefficient (Wildman–Crippen LogP) is 4.62. The number of hydrogen-bond acceptors (Lipinski definition) is 3. The van der Waals surface area contributed by atoms with Crippen LogP contribution in [-0.2, 0) is 10.0 Å². The van der Waals surface area contributed by atoms with Gasteiger partial charge < -0.3 is 5.32 Å². The number of aryl methyl sites for hydroxylation is 2. The van der Waals surface area contributed by atoms with Crippen LogP contribution in [0.15, 0.2) is 77.7 Å². The molecule has 0 unspecified atom stereocenters. The van der Waals surface area contributed by atoms with E-state index in [0.29, 0.717) is 11.3 Å². The molecule has 0 saturated heterocycles. The van der Waals surface area contributed by atoms with Crippen molar-refractivity contribution in [3.63, 3.8) is 0 Å². The van der Waals surface area contributed by atoms with Gasteiger partial charge in [0.15, 0.2) is 0 Å². The minimum absolute atomic E-state index is 0.0714. The summed E-state index contributed by atoms with van der Waals surface area (Å²) in [6.45, 7) is 5.81. The summed E-state index contributed by atoms with van der Waals surface area (Å²) in [4.78, 5) is 12.8. The average Bonchev–Trinajstić information content (AvgIpc) is 2.73. The Balaban J connectivity index is 1.82. The smallest absolute Gasteiger partial charge is 0.264 e. The molecule has 3 rings (SSSR count). The van der Waals surface area contributed by atoms with Crippen molar-refractivity contribution in [1.29, 1.82) is 0 Å². The summed E-state index contributed by atoms with van der Waals surface area (Å²) >= 11 is 0. The molecule has 1 atom stereocenters. The van der Waals surface area contributed by atoms with Crippen molar-refractivity contribution in [3.05, 3.63) is 95.1 Å². The molecule has 1 N–H and O–H groups in total. The molecule has 1 amide bonds. The average molecular weight is 423 g/mol. The molecular formula is C24H26N2O3S. The van der Waals surface area contributed by atoms with Crippen LogP contribution in [0.1, 0.15) is 40.0 Å². The Morgan fingerprint density at radius 2 is 1.57 bits per heavy atom. The van der Waals surface area contributed by atoms with Crippen molar-refractivity contribution < 1.29 is 13.2 Å². The van der Waals surface area contributed by atoms with Gasteiger partial charge in [-0.15, -0.1) is 0 Å². The van der Waals surface area contributed by atoms with E-state index in [1.807, 2.05) is 57.2 Å². The molecule has 0 heterocycles. The van der Waals surface area contributed by atoms with Gasteiger partial charge in [-0.25, -0.2) is 8.42 Å². The molecule has 0 aromatic heterocycles. The van der Waals surface area contributed by atoms with Crippen LogP contribution in [0, 0.1) is 13.8 Å². The zero-order valence-electron chi connectivity index (χ0n) is 17.6. The molecule has 0 aliphatic carbocycles. The second kappa shape index (κ2) is 8.71. The maximum absolute atomic E-state index is 13.1. The summed E-state index contributed by atoms with van der Waals surface area (Å²) in [6.07, 6.45) is 0. The third-order valence-electron chi connectivity index (χ3n) is 5.04. The van der Waals surface area contributed by atoms with Gasteiger partial charge in [0.2, 0.25) is 0 Å². The molecule has 156 valence electrons. The zero-order chi connectivity index (χ0) is 21.9. The van der Waals surface area contributed by atoms with Gasteiger partial charge in [0.25, 0.3) is 15.9 Å². The second-order valence-corrected chi connectivity index (χ2v) is 9.41. The molecule has 3 aromatic carbocycles. The number of nitrogens with zero attached hydrogens (tertiary/aromatic N) is 1. The number of hydrogen-bond donors (Lipinski definition) is 1. The molecule has 3 aromatic rings. The summed E-state index contributed by atoms with van der Waals surface area (Å²) in [5.41, 5.74) is 3.96. The number of benzene rings is 3. The van der Waals surface area contributed by atoms with E-state index in [0.717, 1.165) is 16.7 Å². The van der Waals surface area contributed by atoms with E-state index in [-0.39, 0.29) is 16.8 Å². The Kier molecular flexibility index (Phi) is 6.27. The normalized spacial score (nSPS) is 12.3. The minimum atomic E-state index is -3.80. The molecule has 0 bridgehead atoms. The van der Waals surface area contributed by atoms with Crippen LogP contribution in [0.2, 0.25) is 0 Å². The van der Waals surface area contributed by atoms with Gasteiger partial charge in [0.05, 0.1) is 16.6 Å². The SMILES string of the molecule is Cc1ccc([C@@H](C)NC(=O)c2cccc(S(=O)(=O)N(C)c3cccc(C)c3)c2)cc1. The molecule has 6 heteroatoms. The molecule has 0 aliphatic rings. The van der Waals surface area contributed by atoms with E-state index in [1.165, 1.54) is 23.5 Å². The van der Waals surface area contributed by atoms with Gasteiger partial charge in [0.1, 0.15) is 0 Å². The Morgan fingerprint density at radius 3 is 2.23 bits per heavy atom. The highest BCUT2D eigenvalue weighted by atomic mass is 32.2. The summed E-state index contributed by atoms with van der Waals surface area (Å²) in [6, 6.07) is 21.1. The van der Waals surface area contributed by atoms with E-state index in [9.17, 15) is 13.2 Å². The lowest BCUT2D eigenvalue weighted by molar-refractivity contribution is 0.0939. The van der Waals surface area contributed by atoms with Crippen LogP contribution in [-0.4, -0.2) is 21.4 Å². The fourth-order valence-corrected chi connectivity index (χ4v) is 4.37. The molecule has 30 heavy (non-hydrogen) atoms. The highest BCUT2D eigenvalue weighted by molar-refractivity contribution is 7.92. The highest BCUT2D eigenvalue weighted by Crippen LogP contribution is 2.24. The Bertz CT molecular complexity index is 1160. The van der Waals surface area contributed by atoms with E-state index < -0.39 is 10.0 Å². The molecule has 0 aliphatic heterocycles. The number of carbonyl (C=O) groups excluding carboxylic acids is 1. The van der Waals surface area contributed by atoms with Gasteiger partial charge in [-0.3, -0.25) is 9.10 Å². The summed E-state index contributed by atoms with van der Waals surface area (Å²) in [5, 5.41) is 2.93. The van der Waals surface area contributed by atoms with E-state index >= 15 is 0 Å². The topological polar surface area (TPSA) is 66.5 Å². The first-order chi connectivity index (χ1) is 14.2. The first kappa shape index (κ1) is 21.6. The fraction of sp³-hybridized carbons (Fsp3) is 0.208. The van der Waals surface area contributed by atoms with Gasteiger partial charge in [0, 0.05) is 12.6 Å². The van der Waals surface area contributed by atoms with Crippen molar-refractivity contribution in [2.75, 3.05) is 11.4 Å². The van der Waals surface area contributed by atoms with E-state index in [2.05, 4.69) is 5.32 Å². The molecule has 0 fully saturated rings. The Labute approximate surface area is 178 Å². The lowest BCUT2D eigenvalue weighted by Gasteiger charge is -2.20. The van der Waals surface area contributed by atoms with Gasteiger partial charge in [-0.05, 0) is 62.2 Å². The van der Waals surface area contributed by atoms with Gasteiger partial charge in [-0.2, -0.15) is 0 Å². The number of sulfonamides is 1. The maximum atomic E-state index is 13.1. The van der Waals surface area contributed by atoms with Crippen LogP contribution >= 0.6 is 0 Å². The fourth-order valence-electron chi connectivity index (χ4n) is 3.14. The van der Waals surface area contributed by atoms with E-state index in [1.54, 1.807) is 24.3 Å². The van der Waals surface area contributed by atoms with E-state index in [4.69, 9.17) is 0 Å². The van der Waals surface area contributed by atoms with Gasteiger partial charge in [-0.1, -0.05) is 48.0 Å². The lowest BCUT2D eigenvalue weighted by Crippen LogP contribution is -2.28. The monoisotopic (exact) mass is 422 g/mol. The molecule has 0 saturated carbocycles. The summed E-state index contributed by atoms with van der Waals surface area (Å²) < 4.78 is 27.4. The van der Waals surface area contributed by atoms with Crippen molar-refractivity contribution in [2.24, 2.45) is 0 Å². The van der Waals surface area contributed by atoms with Crippen LogP contribution in [0.25, 0.3) is 0 Å². The summed E-state index contributed by atoms with van der Waals surface area (Å²) in [5.74, 6) is -0.321. The van der Waals surface area contributed by atoms with Crippen molar-refractivity contribution in [3.8, 4) is 0 Å². The van der Waals surface area contributed by atoms with Crippen LogP contribution in [0.5, 0.6) is 0 Å². The number of rotatable bonds is 6. The van der Waals surface area contributed by atoms with Crippen molar-refractivity contribution in [2.45, 2.75) is 31.7 Å². The predicted molar refractivity (Wildman–Crippen MR) is 120 cm³/mol. The van der Waals surface area contributed by atoms with Crippen LogP contribution in [0.3, 0.4) is 0 Å². The first-order valence-corrected chi connectivity index (χ1v) is 11.2. The third-order valence-corrected chi connectivity index (χ3v) is 6.83. The maximum Gasteiger partial charge on any atom is 0.264 e. The quantitative estimate of drug-likeness (QED) is 0.630. The highest BCUT2D eigenvalue weighted by Gasteiger charge is 2.23. The zero-order valence-corrected chi connectivity index (χ0v) is 18.4. The van der Waals surface area contributed by atoms with Crippen molar-refractivity contribution in [1.82, 2.24) is 5.32 Å². The molecule has 0 radical (unpaired) electrons. The second-order valence-electron chi connectivity index (χ2n) is 7.45. The number of anilines is 1. The third kappa shape index (κ3) is 4.71. The van der Waals surface area contributed by atoms with Gasteiger partial charge >= 0.3 is 0 Å². The molecular weight excluding hydrogens is 396 g/mol. The molecule has 0 spiro atoms. The van der Waals surface area contributed by atoms with Crippen LogP contribution < -0.4 is 9.62 Å².